The number of nitrogens with two attached hydrogens (primary N) is 1. The molecule has 0 aromatic heterocycles. The molecule has 0 bridgehead atoms. The van der Waals surface area contributed by atoms with E-state index in [1.165, 1.54) is 13.2 Å². The molecule has 16 heavy (non-hydrogen) atoms. The summed E-state index contributed by atoms with van der Waals surface area (Å²) in [5.41, 5.74) is 5.87. The number of halogens is 2. The Hall–Kier alpha value is -0.810. The molecule has 5 heteroatoms. The number of aromatic hydroxyl groups is 1. The summed E-state index contributed by atoms with van der Waals surface area (Å²) in [5.74, 6) is -0.422. The molecule has 1 aromatic rings. The normalized spacial score (nSPS) is 12.6. The number of methoxy groups -OCH3 is 1. The Morgan fingerprint density at radius 2 is 2.25 bits per heavy atom. The summed E-state index contributed by atoms with van der Waals surface area (Å²) in [6.45, 7) is 2.34. The van der Waals surface area contributed by atoms with Gasteiger partial charge >= 0.3 is 0 Å². The minimum absolute atomic E-state index is 0.0591. The summed E-state index contributed by atoms with van der Waals surface area (Å²) in [5, 5.41) is 9.75. The number of ether oxygens (including phenoxy) is 1. The smallest absolute Gasteiger partial charge is 0.172 e. The van der Waals surface area contributed by atoms with Crippen LogP contribution in [-0.4, -0.2) is 18.8 Å². The standard InChI is InChI=1S/C11H15BrFNO2/c1-6(3-4-14)9-7(13)5-8(16-2)11(15)10(9)12/h5-6,15H,3-4,14H2,1-2H3. The molecule has 3 N–H and O–H groups in total. The Bertz CT molecular complexity index is 385. The van der Waals surface area contributed by atoms with Crippen molar-refractivity contribution in [2.45, 2.75) is 19.3 Å². The van der Waals surface area contributed by atoms with Crippen LogP contribution in [0, 0.1) is 5.82 Å². The maximum atomic E-state index is 13.8. The summed E-state index contributed by atoms with van der Waals surface area (Å²) in [4.78, 5) is 0. The Morgan fingerprint density at radius 1 is 1.62 bits per heavy atom. The van der Waals surface area contributed by atoms with Crippen LogP contribution >= 0.6 is 15.9 Å². The van der Waals surface area contributed by atoms with Gasteiger partial charge in [0.15, 0.2) is 11.5 Å². The third-order valence-electron chi connectivity index (χ3n) is 2.51. The fourth-order valence-electron chi connectivity index (χ4n) is 1.60. The van der Waals surface area contributed by atoms with E-state index in [0.29, 0.717) is 23.0 Å². The molecule has 3 nitrogen and oxygen atoms in total. The molecule has 0 heterocycles. The Balaban J connectivity index is 3.24. The highest BCUT2D eigenvalue weighted by atomic mass is 79.9. The predicted molar refractivity (Wildman–Crippen MR) is 64.4 cm³/mol. The highest BCUT2D eigenvalue weighted by Gasteiger charge is 2.20. The van der Waals surface area contributed by atoms with E-state index in [2.05, 4.69) is 15.9 Å². The molecule has 0 spiro atoms. The van der Waals surface area contributed by atoms with Gasteiger partial charge in [-0.15, -0.1) is 0 Å². The lowest BCUT2D eigenvalue weighted by atomic mass is 9.97. The molecule has 0 aliphatic heterocycles. The maximum absolute atomic E-state index is 13.8. The zero-order chi connectivity index (χ0) is 12.3. The summed E-state index contributed by atoms with van der Waals surface area (Å²) in [6.07, 6.45) is 0.654. The Kier molecular flexibility index (Phi) is 4.56. The van der Waals surface area contributed by atoms with Gasteiger partial charge in [-0.2, -0.15) is 0 Å². The summed E-state index contributed by atoms with van der Waals surface area (Å²) < 4.78 is 19.0. The first-order valence-electron chi connectivity index (χ1n) is 4.97. The number of benzene rings is 1. The fourth-order valence-corrected chi connectivity index (χ4v) is 2.38. The third-order valence-corrected chi connectivity index (χ3v) is 3.31. The van der Waals surface area contributed by atoms with Gasteiger partial charge in [0.05, 0.1) is 11.6 Å². The van der Waals surface area contributed by atoms with Gasteiger partial charge in [-0.3, -0.25) is 0 Å². The molecule has 1 rings (SSSR count). The molecule has 0 saturated carbocycles. The van der Waals surface area contributed by atoms with Crippen molar-refractivity contribution in [3.05, 3.63) is 21.9 Å². The van der Waals surface area contributed by atoms with Crippen LogP contribution in [0.15, 0.2) is 10.5 Å². The third kappa shape index (κ3) is 2.47. The molecular formula is C11H15BrFNO2. The molecule has 0 saturated heterocycles. The quantitative estimate of drug-likeness (QED) is 0.897. The molecule has 0 amide bonds. The van der Waals surface area contributed by atoms with Gasteiger partial charge in [-0.05, 0) is 34.8 Å². The molecular weight excluding hydrogens is 277 g/mol. The van der Waals surface area contributed by atoms with E-state index in [4.69, 9.17) is 10.5 Å². The number of hydrogen-bond acceptors (Lipinski definition) is 3. The number of phenolic OH excluding ortho intramolecular Hbond substituents is 1. The van der Waals surface area contributed by atoms with Gasteiger partial charge in [0.2, 0.25) is 0 Å². The molecule has 0 fully saturated rings. The first-order chi connectivity index (χ1) is 7.52. The zero-order valence-corrected chi connectivity index (χ0v) is 10.8. The van der Waals surface area contributed by atoms with Crippen molar-refractivity contribution in [3.8, 4) is 11.5 Å². The fraction of sp³-hybridized carbons (Fsp3) is 0.455. The van der Waals surface area contributed by atoms with Crippen molar-refractivity contribution in [1.29, 1.82) is 0 Å². The van der Waals surface area contributed by atoms with Crippen molar-refractivity contribution in [2.75, 3.05) is 13.7 Å². The van der Waals surface area contributed by atoms with E-state index in [1.807, 2.05) is 6.92 Å². The van der Waals surface area contributed by atoms with E-state index >= 15 is 0 Å². The Labute approximate surface area is 103 Å². The van der Waals surface area contributed by atoms with Gasteiger partial charge < -0.3 is 15.6 Å². The van der Waals surface area contributed by atoms with E-state index < -0.39 is 5.82 Å². The van der Waals surface area contributed by atoms with Crippen molar-refractivity contribution in [1.82, 2.24) is 0 Å². The average Bonchev–Trinajstić information content (AvgIpc) is 2.24. The molecule has 1 aromatic carbocycles. The lowest BCUT2D eigenvalue weighted by Gasteiger charge is -2.16. The van der Waals surface area contributed by atoms with Crippen molar-refractivity contribution in [3.63, 3.8) is 0 Å². The highest BCUT2D eigenvalue weighted by molar-refractivity contribution is 9.10. The van der Waals surface area contributed by atoms with Crippen LogP contribution < -0.4 is 10.5 Å². The van der Waals surface area contributed by atoms with Crippen molar-refractivity contribution < 1.29 is 14.2 Å². The first-order valence-corrected chi connectivity index (χ1v) is 5.77. The van der Waals surface area contributed by atoms with E-state index in [9.17, 15) is 9.50 Å². The predicted octanol–water partition coefficient (Wildman–Crippen LogP) is 2.75. The van der Waals surface area contributed by atoms with Crippen LogP contribution in [0.1, 0.15) is 24.8 Å². The van der Waals surface area contributed by atoms with Gasteiger partial charge in [-0.25, -0.2) is 4.39 Å². The van der Waals surface area contributed by atoms with Crippen molar-refractivity contribution in [2.24, 2.45) is 5.73 Å². The second-order valence-corrected chi connectivity index (χ2v) is 4.41. The van der Waals surface area contributed by atoms with E-state index in [1.54, 1.807) is 0 Å². The van der Waals surface area contributed by atoms with E-state index in [0.717, 1.165) is 0 Å². The second-order valence-electron chi connectivity index (χ2n) is 3.62. The molecule has 0 aliphatic carbocycles. The lowest BCUT2D eigenvalue weighted by Crippen LogP contribution is -2.07. The number of rotatable bonds is 4. The minimum atomic E-state index is -0.400. The second kappa shape index (κ2) is 5.50. The molecule has 0 aliphatic rings. The van der Waals surface area contributed by atoms with Gasteiger partial charge in [0.25, 0.3) is 0 Å². The minimum Gasteiger partial charge on any atom is -0.503 e. The van der Waals surface area contributed by atoms with Crippen LogP contribution in [-0.2, 0) is 0 Å². The maximum Gasteiger partial charge on any atom is 0.172 e. The molecule has 0 radical (unpaired) electrons. The topological polar surface area (TPSA) is 55.5 Å². The van der Waals surface area contributed by atoms with Gasteiger partial charge in [0, 0.05) is 11.6 Å². The van der Waals surface area contributed by atoms with Crippen LogP contribution in [0.25, 0.3) is 0 Å². The largest absolute Gasteiger partial charge is 0.503 e. The van der Waals surface area contributed by atoms with Crippen molar-refractivity contribution >= 4 is 15.9 Å². The zero-order valence-electron chi connectivity index (χ0n) is 9.26. The van der Waals surface area contributed by atoms with Crippen LogP contribution in [0.4, 0.5) is 4.39 Å². The molecule has 1 atom stereocenters. The van der Waals surface area contributed by atoms with Gasteiger partial charge in [0.1, 0.15) is 5.82 Å². The number of hydrogen-bond donors (Lipinski definition) is 2. The first kappa shape index (κ1) is 13.3. The highest BCUT2D eigenvalue weighted by Crippen LogP contribution is 2.41. The van der Waals surface area contributed by atoms with Crippen LogP contribution in [0.5, 0.6) is 11.5 Å². The summed E-state index contributed by atoms with van der Waals surface area (Å²) in [7, 11) is 1.38. The molecule has 1 unspecified atom stereocenters. The summed E-state index contributed by atoms with van der Waals surface area (Å²) in [6, 6.07) is 1.18. The van der Waals surface area contributed by atoms with Gasteiger partial charge in [-0.1, -0.05) is 6.92 Å². The Morgan fingerprint density at radius 3 is 2.75 bits per heavy atom. The summed E-state index contributed by atoms with van der Waals surface area (Å²) >= 11 is 3.18. The number of phenols is 1. The van der Waals surface area contributed by atoms with E-state index in [-0.39, 0.29) is 17.4 Å². The van der Waals surface area contributed by atoms with Crippen LogP contribution in [0.2, 0.25) is 0 Å². The SMILES string of the molecule is COc1cc(F)c(C(C)CCN)c(Br)c1O. The van der Waals surface area contributed by atoms with Crippen LogP contribution in [0.3, 0.4) is 0 Å². The average molecular weight is 292 g/mol. The molecule has 90 valence electrons. The lowest BCUT2D eigenvalue weighted by molar-refractivity contribution is 0.366. The monoisotopic (exact) mass is 291 g/mol.